The smallest absolute Gasteiger partial charge is 0.279 e. The zero-order valence-electron chi connectivity index (χ0n) is 13.7. The van der Waals surface area contributed by atoms with Crippen molar-refractivity contribution < 1.29 is 8.42 Å². The molecule has 2 fully saturated rings. The van der Waals surface area contributed by atoms with Gasteiger partial charge >= 0.3 is 0 Å². The van der Waals surface area contributed by atoms with Gasteiger partial charge in [0, 0.05) is 38.8 Å². The van der Waals surface area contributed by atoms with Crippen LogP contribution in [0.15, 0.2) is 30.3 Å². The van der Waals surface area contributed by atoms with Gasteiger partial charge in [-0.2, -0.15) is 12.7 Å². The molecule has 0 atom stereocenters. The Balaban J connectivity index is 1.57. The SMILES string of the molecule is O=S1(=O)NCCCCCN1C1CCN(Cc2ccccc2)CC1. The molecule has 0 bridgehead atoms. The normalized spacial score (nSPS) is 24.9. The van der Waals surface area contributed by atoms with E-state index >= 15 is 0 Å². The molecule has 1 N–H and O–H groups in total. The maximum atomic E-state index is 12.4. The first-order valence-corrected chi connectivity index (χ1v) is 10.1. The van der Waals surface area contributed by atoms with E-state index in [0.717, 1.165) is 51.7 Å². The molecule has 0 amide bonds. The summed E-state index contributed by atoms with van der Waals surface area (Å²) in [5, 5.41) is 0. The molecule has 2 heterocycles. The molecule has 128 valence electrons. The summed E-state index contributed by atoms with van der Waals surface area (Å²) >= 11 is 0. The molecule has 2 aliphatic heterocycles. The largest absolute Gasteiger partial charge is 0.299 e. The van der Waals surface area contributed by atoms with Crippen molar-refractivity contribution in [2.75, 3.05) is 26.2 Å². The molecule has 1 aromatic carbocycles. The highest BCUT2D eigenvalue weighted by atomic mass is 32.2. The molecule has 3 rings (SSSR count). The lowest BCUT2D eigenvalue weighted by Crippen LogP contribution is -2.51. The third kappa shape index (κ3) is 4.53. The van der Waals surface area contributed by atoms with Crippen LogP contribution in [0, 0.1) is 0 Å². The van der Waals surface area contributed by atoms with Crippen molar-refractivity contribution in [3.8, 4) is 0 Å². The van der Waals surface area contributed by atoms with Crippen LogP contribution in [0.25, 0.3) is 0 Å². The molecule has 0 aromatic heterocycles. The second-order valence-corrected chi connectivity index (χ2v) is 8.27. The molecule has 1 aromatic rings. The summed E-state index contributed by atoms with van der Waals surface area (Å²) < 4.78 is 29.3. The number of nitrogens with zero attached hydrogens (tertiary/aromatic N) is 2. The fourth-order valence-corrected chi connectivity index (χ4v) is 5.10. The maximum Gasteiger partial charge on any atom is 0.279 e. The number of rotatable bonds is 3. The quantitative estimate of drug-likeness (QED) is 0.917. The van der Waals surface area contributed by atoms with Crippen molar-refractivity contribution in [1.82, 2.24) is 13.9 Å². The minimum Gasteiger partial charge on any atom is -0.299 e. The van der Waals surface area contributed by atoms with Gasteiger partial charge in [-0.15, -0.1) is 0 Å². The van der Waals surface area contributed by atoms with E-state index in [2.05, 4.69) is 33.9 Å². The Hall–Kier alpha value is -0.950. The second-order valence-electron chi connectivity index (χ2n) is 6.56. The maximum absolute atomic E-state index is 12.4. The average molecular weight is 337 g/mol. The van der Waals surface area contributed by atoms with E-state index in [1.807, 2.05) is 6.07 Å². The number of nitrogens with one attached hydrogen (secondary N) is 1. The van der Waals surface area contributed by atoms with Crippen LogP contribution in [0.5, 0.6) is 0 Å². The van der Waals surface area contributed by atoms with Gasteiger partial charge in [-0.1, -0.05) is 36.8 Å². The Labute approximate surface area is 139 Å². The predicted molar refractivity (Wildman–Crippen MR) is 92.2 cm³/mol. The number of likely N-dealkylation sites (tertiary alicyclic amines) is 1. The third-order valence-corrected chi connectivity index (χ3v) is 6.53. The average Bonchev–Trinajstić information content (AvgIpc) is 2.54. The van der Waals surface area contributed by atoms with Gasteiger partial charge < -0.3 is 0 Å². The molecule has 0 saturated carbocycles. The summed E-state index contributed by atoms with van der Waals surface area (Å²) in [6.45, 7) is 4.13. The van der Waals surface area contributed by atoms with Crippen LogP contribution >= 0.6 is 0 Å². The standard InChI is InChI=1S/C17H27N3O2S/c21-23(22)18-11-5-2-6-12-20(23)17-9-13-19(14-10-17)15-16-7-3-1-4-8-16/h1,3-4,7-8,17-18H,2,5-6,9-15H2. The van der Waals surface area contributed by atoms with Crippen molar-refractivity contribution in [1.29, 1.82) is 0 Å². The summed E-state index contributed by atoms with van der Waals surface area (Å²) in [5.41, 5.74) is 1.33. The fraction of sp³-hybridized carbons (Fsp3) is 0.647. The Morgan fingerprint density at radius 1 is 1.00 bits per heavy atom. The number of hydrogen-bond acceptors (Lipinski definition) is 3. The highest BCUT2D eigenvalue weighted by Crippen LogP contribution is 2.22. The van der Waals surface area contributed by atoms with Gasteiger partial charge in [0.15, 0.2) is 0 Å². The van der Waals surface area contributed by atoms with Gasteiger partial charge in [-0.3, -0.25) is 4.90 Å². The van der Waals surface area contributed by atoms with Crippen LogP contribution in [-0.2, 0) is 16.8 Å². The van der Waals surface area contributed by atoms with Crippen molar-refractivity contribution in [3.05, 3.63) is 35.9 Å². The third-order valence-electron chi connectivity index (χ3n) is 4.86. The van der Waals surface area contributed by atoms with E-state index < -0.39 is 10.2 Å². The molecular formula is C17H27N3O2S. The summed E-state index contributed by atoms with van der Waals surface area (Å²) in [6.07, 6.45) is 4.88. The first-order valence-electron chi connectivity index (χ1n) is 8.68. The monoisotopic (exact) mass is 337 g/mol. The Morgan fingerprint density at radius 2 is 1.74 bits per heavy atom. The number of hydrogen-bond donors (Lipinski definition) is 1. The molecule has 2 aliphatic rings. The fourth-order valence-electron chi connectivity index (χ4n) is 3.56. The Morgan fingerprint density at radius 3 is 2.48 bits per heavy atom. The first-order chi connectivity index (χ1) is 11.1. The van der Waals surface area contributed by atoms with Gasteiger partial charge in [0.25, 0.3) is 10.2 Å². The molecule has 5 nitrogen and oxygen atoms in total. The van der Waals surface area contributed by atoms with Gasteiger partial charge in [0.1, 0.15) is 0 Å². The van der Waals surface area contributed by atoms with Crippen molar-refractivity contribution in [2.45, 2.75) is 44.7 Å². The van der Waals surface area contributed by atoms with E-state index in [0.29, 0.717) is 13.1 Å². The van der Waals surface area contributed by atoms with E-state index in [9.17, 15) is 8.42 Å². The first kappa shape index (κ1) is 16.9. The van der Waals surface area contributed by atoms with E-state index in [1.165, 1.54) is 5.56 Å². The van der Waals surface area contributed by atoms with E-state index in [-0.39, 0.29) is 6.04 Å². The Kier molecular flexibility index (Phi) is 5.69. The highest BCUT2D eigenvalue weighted by molar-refractivity contribution is 7.87. The van der Waals surface area contributed by atoms with E-state index in [4.69, 9.17) is 0 Å². The van der Waals surface area contributed by atoms with Crippen molar-refractivity contribution >= 4 is 10.2 Å². The molecule has 0 unspecified atom stereocenters. The van der Waals surface area contributed by atoms with Crippen LogP contribution in [-0.4, -0.2) is 49.8 Å². The van der Waals surface area contributed by atoms with Gasteiger partial charge in [0.2, 0.25) is 0 Å². The Bertz CT molecular complexity index is 583. The molecular weight excluding hydrogens is 310 g/mol. The van der Waals surface area contributed by atoms with Gasteiger partial charge in [0.05, 0.1) is 0 Å². The van der Waals surface area contributed by atoms with E-state index in [1.54, 1.807) is 4.31 Å². The van der Waals surface area contributed by atoms with Crippen LogP contribution in [0.1, 0.15) is 37.7 Å². The molecule has 0 spiro atoms. The van der Waals surface area contributed by atoms with Gasteiger partial charge in [-0.05, 0) is 31.2 Å². The van der Waals surface area contributed by atoms with Crippen LogP contribution in [0.4, 0.5) is 0 Å². The lowest BCUT2D eigenvalue weighted by molar-refractivity contribution is 0.150. The molecule has 2 saturated heterocycles. The minimum absolute atomic E-state index is 0.151. The van der Waals surface area contributed by atoms with Crippen molar-refractivity contribution in [2.24, 2.45) is 0 Å². The molecule has 0 radical (unpaired) electrons. The zero-order chi connectivity index (χ0) is 16.1. The summed E-state index contributed by atoms with van der Waals surface area (Å²) in [5.74, 6) is 0. The molecule has 0 aliphatic carbocycles. The summed E-state index contributed by atoms with van der Waals surface area (Å²) in [7, 11) is -3.29. The van der Waals surface area contributed by atoms with Gasteiger partial charge in [-0.25, -0.2) is 4.72 Å². The summed E-state index contributed by atoms with van der Waals surface area (Å²) in [6, 6.07) is 10.6. The zero-order valence-corrected chi connectivity index (χ0v) is 14.5. The highest BCUT2D eigenvalue weighted by Gasteiger charge is 2.32. The number of piperidine rings is 1. The molecule has 6 heteroatoms. The minimum atomic E-state index is -3.29. The van der Waals surface area contributed by atoms with Crippen LogP contribution < -0.4 is 4.72 Å². The lowest BCUT2D eigenvalue weighted by atomic mass is 10.0. The molecule has 23 heavy (non-hydrogen) atoms. The second kappa shape index (κ2) is 7.75. The lowest BCUT2D eigenvalue weighted by Gasteiger charge is -2.38. The number of benzene rings is 1. The predicted octanol–water partition coefficient (Wildman–Crippen LogP) is 1.97. The van der Waals surface area contributed by atoms with Crippen molar-refractivity contribution in [3.63, 3.8) is 0 Å². The topological polar surface area (TPSA) is 52.7 Å². The van der Waals surface area contributed by atoms with Crippen LogP contribution in [0.3, 0.4) is 0 Å². The summed E-state index contributed by atoms with van der Waals surface area (Å²) in [4.78, 5) is 2.43. The van der Waals surface area contributed by atoms with Crippen LogP contribution in [0.2, 0.25) is 0 Å².